The number of benzene rings is 1. The predicted octanol–water partition coefficient (Wildman–Crippen LogP) is 1.63. The molecule has 0 spiro atoms. The van der Waals surface area contributed by atoms with E-state index in [1.165, 1.54) is 5.56 Å². The topological polar surface area (TPSA) is 38.3 Å². The standard InChI is InChI=1S/C12H13NO2/c1-2-5-13-12(14)9-3-4-10-7-15-8-11(10)6-9/h2-4,6H,1,5,7-8H2,(H,13,14). The molecule has 0 bridgehead atoms. The van der Waals surface area contributed by atoms with Gasteiger partial charge in [-0.05, 0) is 23.3 Å². The molecule has 0 aromatic heterocycles. The molecule has 1 heterocycles. The van der Waals surface area contributed by atoms with Gasteiger partial charge in [-0.2, -0.15) is 0 Å². The number of carbonyl (C=O) groups is 1. The first-order valence-electron chi connectivity index (χ1n) is 4.90. The van der Waals surface area contributed by atoms with Crippen LogP contribution in [0.1, 0.15) is 21.5 Å². The molecule has 0 unspecified atom stereocenters. The van der Waals surface area contributed by atoms with E-state index in [-0.39, 0.29) is 5.91 Å². The molecule has 78 valence electrons. The molecule has 2 rings (SSSR count). The molecule has 1 aromatic rings. The Balaban J connectivity index is 2.15. The first-order valence-corrected chi connectivity index (χ1v) is 4.90. The van der Waals surface area contributed by atoms with Crippen molar-refractivity contribution in [3.05, 3.63) is 47.5 Å². The van der Waals surface area contributed by atoms with Gasteiger partial charge in [0, 0.05) is 12.1 Å². The minimum atomic E-state index is -0.0652. The molecule has 0 fully saturated rings. The Morgan fingerprint density at radius 1 is 1.47 bits per heavy atom. The van der Waals surface area contributed by atoms with E-state index in [9.17, 15) is 4.79 Å². The van der Waals surface area contributed by atoms with Crippen molar-refractivity contribution in [2.45, 2.75) is 13.2 Å². The highest BCUT2D eigenvalue weighted by Gasteiger charge is 2.13. The maximum absolute atomic E-state index is 11.6. The number of rotatable bonds is 3. The minimum absolute atomic E-state index is 0.0652. The second-order valence-electron chi connectivity index (χ2n) is 3.47. The van der Waals surface area contributed by atoms with Gasteiger partial charge in [0.05, 0.1) is 13.2 Å². The van der Waals surface area contributed by atoms with Crippen molar-refractivity contribution in [2.24, 2.45) is 0 Å². The van der Waals surface area contributed by atoms with Crippen LogP contribution in [-0.4, -0.2) is 12.5 Å². The summed E-state index contributed by atoms with van der Waals surface area (Å²) in [5.41, 5.74) is 2.97. The molecule has 15 heavy (non-hydrogen) atoms. The van der Waals surface area contributed by atoms with E-state index in [0.29, 0.717) is 25.3 Å². The molecular weight excluding hydrogens is 190 g/mol. The summed E-state index contributed by atoms with van der Waals surface area (Å²) in [6, 6.07) is 5.66. The van der Waals surface area contributed by atoms with Crippen molar-refractivity contribution in [2.75, 3.05) is 6.54 Å². The lowest BCUT2D eigenvalue weighted by atomic mass is 10.1. The Hall–Kier alpha value is -1.61. The van der Waals surface area contributed by atoms with Gasteiger partial charge in [0.25, 0.3) is 5.91 Å². The van der Waals surface area contributed by atoms with Gasteiger partial charge in [0.15, 0.2) is 0 Å². The van der Waals surface area contributed by atoms with Crippen LogP contribution in [0.5, 0.6) is 0 Å². The fourth-order valence-corrected chi connectivity index (χ4v) is 1.58. The van der Waals surface area contributed by atoms with Crippen LogP contribution in [0.2, 0.25) is 0 Å². The second kappa shape index (κ2) is 4.28. The molecule has 3 heteroatoms. The van der Waals surface area contributed by atoms with Crippen molar-refractivity contribution in [3.8, 4) is 0 Å². The lowest BCUT2D eigenvalue weighted by Crippen LogP contribution is -2.23. The van der Waals surface area contributed by atoms with Crippen LogP contribution in [0.3, 0.4) is 0 Å². The van der Waals surface area contributed by atoms with Gasteiger partial charge >= 0.3 is 0 Å². The van der Waals surface area contributed by atoms with Crippen LogP contribution in [0, 0.1) is 0 Å². The third-order valence-electron chi connectivity index (χ3n) is 2.39. The van der Waals surface area contributed by atoms with E-state index in [4.69, 9.17) is 4.74 Å². The van der Waals surface area contributed by atoms with Crippen molar-refractivity contribution in [3.63, 3.8) is 0 Å². The normalized spacial score (nSPS) is 13.3. The fourth-order valence-electron chi connectivity index (χ4n) is 1.58. The predicted molar refractivity (Wildman–Crippen MR) is 57.5 cm³/mol. The number of nitrogens with one attached hydrogen (secondary N) is 1. The number of amides is 1. The van der Waals surface area contributed by atoms with Crippen LogP contribution < -0.4 is 5.32 Å². The smallest absolute Gasteiger partial charge is 0.251 e. The number of ether oxygens (including phenoxy) is 1. The molecule has 1 aliphatic rings. The van der Waals surface area contributed by atoms with Gasteiger partial charge in [0.1, 0.15) is 0 Å². The summed E-state index contributed by atoms with van der Waals surface area (Å²) in [7, 11) is 0. The van der Waals surface area contributed by atoms with Crippen LogP contribution in [-0.2, 0) is 18.0 Å². The summed E-state index contributed by atoms with van der Waals surface area (Å²) in [6.07, 6.45) is 1.66. The van der Waals surface area contributed by atoms with E-state index in [1.807, 2.05) is 18.2 Å². The highest BCUT2D eigenvalue weighted by molar-refractivity contribution is 5.94. The van der Waals surface area contributed by atoms with Crippen LogP contribution in [0.4, 0.5) is 0 Å². The van der Waals surface area contributed by atoms with Crippen molar-refractivity contribution in [1.82, 2.24) is 5.32 Å². The monoisotopic (exact) mass is 203 g/mol. The van der Waals surface area contributed by atoms with E-state index >= 15 is 0 Å². The van der Waals surface area contributed by atoms with Gasteiger partial charge in [-0.3, -0.25) is 4.79 Å². The first kappa shape index (κ1) is 9.93. The third kappa shape index (κ3) is 2.07. The quantitative estimate of drug-likeness (QED) is 0.758. The summed E-state index contributed by atoms with van der Waals surface area (Å²) in [5.74, 6) is -0.0652. The zero-order valence-corrected chi connectivity index (χ0v) is 8.45. The highest BCUT2D eigenvalue weighted by atomic mass is 16.5. The van der Waals surface area contributed by atoms with Gasteiger partial charge < -0.3 is 10.1 Å². The van der Waals surface area contributed by atoms with Crippen molar-refractivity contribution < 1.29 is 9.53 Å². The highest BCUT2D eigenvalue weighted by Crippen LogP contribution is 2.20. The molecule has 1 aromatic carbocycles. The number of fused-ring (bicyclic) bond motifs is 1. The molecule has 0 atom stereocenters. The molecule has 1 amide bonds. The SMILES string of the molecule is C=CCNC(=O)c1ccc2c(c1)COC2. The number of carbonyl (C=O) groups excluding carboxylic acids is 1. The summed E-state index contributed by atoms with van der Waals surface area (Å²) < 4.78 is 5.28. The molecule has 0 radical (unpaired) electrons. The Kier molecular flexibility index (Phi) is 2.83. The minimum Gasteiger partial charge on any atom is -0.372 e. The summed E-state index contributed by atoms with van der Waals surface area (Å²) in [4.78, 5) is 11.6. The molecule has 3 nitrogen and oxygen atoms in total. The molecule has 0 saturated heterocycles. The van der Waals surface area contributed by atoms with Gasteiger partial charge in [-0.1, -0.05) is 12.1 Å². The average molecular weight is 203 g/mol. The number of hydrogen-bond donors (Lipinski definition) is 1. The average Bonchev–Trinajstić information content (AvgIpc) is 2.72. The van der Waals surface area contributed by atoms with Crippen LogP contribution in [0.15, 0.2) is 30.9 Å². The van der Waals surface area contributed by atoms with Crippen molar-refractivity contribution >= 4 is 5.91 Å². The summed E-state index contributed by atoms with van der Waals surface area (Å²) >= 11 is 0. The Morgan fingerprint density at radius 2 is 2.27 bits per heavy atom. The van der Waals surface area contributed by atoms with E-state index in [2.05, 4.69) is 11.9 Å². The zero-order valence-electron chi connectivity index (χ0n) is 8.45. The number of hydrogen-bond acceptors (Lipinski definition) is 2. The Morgan fingerprint density at radius 3 is 3.07 bits per heavy atom. The lowest BCUT2D eigenvalue weighted by Gasteiger charge is -2.03. The molecule has 1 aliphatic heterocycles. The van der Waals surface area contributed by atoms with Crippen LogP contribution >= 0.6 is 0 Å². The molecular formula is C12H13NO2. The van der Waals surface area contributed by atoms with Crippen LogP contribution in [0.25, 0.3) is 0 Å². The molecule has 0 aliphatic carbocycles. The first-order chi connectivity index (χ1) is 7.31. The lowest BCUT2D eigenvalue weighted by molar-refractivity contribution is 0.0958. The summed E-state index contributed by atoms with van der Waals surface area (Å²) in [5, 5.41) is 2.74. The molecule has 0 saturated carbocycles. The van der Waals surface area contributed by atoms with E-state index in [0.717, 1.165) is 5.56 Å². The van der Waals surface area contributed by atoms with Gasteiger partial charge in [-0.15, -0.1) is 6.58 Å². The van der Waals surface area contributed by atoms with Gasteiger partial charge in [0.2, 0.25) is 0 Å². The maximum atomic E-state index is 11.6. The van der Waals surface area contributed by atoms with Gasteiger partial charge in [-0.25, -0.2) is 0 Å². The third-order valence-corrected chi connectivity index (χ3v) is 2.39. The Labute approximate surface area is 88.8 Å². The largest absolute Gasteiger partial charge is 0.372 e. The van der Waals surface area contributed by atoms with Crippen molar-refractivity contribution in [1.29, 1.82) is 0 Å². The van der Waals surface area contributed by atoms with E-state index < -0.39 is 0 Å². The maximum Gasteiger partial charge on any atom is 0.251 e. The van der Waals surface area contributed by atoms with E-state index in [1.54, 1.807) is 6.08 Å². The summed E-state index contributed by atoms with van der Waals surface area (Å²) in [6.45, 7) is 5.31. The fraction of sp³-hybridized carbons (Fsp3) is 0.250. The molecule has 1 N–H and O–H groups in total. The zero-order chi connectivity index (χ0) is 10.7. The second-order valence-corrected chi connectivity index (χ2v) is 3.47. The Bertz CT molecular complexity index is 399.